The number of rotatable bonds is 9. The summed E-state index contributed by atoms with van der Waals surface area (Å²) in [6, 6.07) is 8.34. The second kappa shape index (κ2) is 13.3. The summed E-state index contributed by atoms with van der Waals surface area (Å²) >= 11 is 7.71. The van der Waals surface area contributed by atoms with Gasteiger partial charge in [0.2, 0.25) is 26.0 Å². The fraction of sp³-hybridized carbons (Fsp3) is 0.414. The highest BCUT2D eigenvalue weighted by Gasteiger charge is 2.30. The van der Waals surface area contributed by atoms with Crippen LogP contribution >= 0.6 is 22.9 Å². The predicted octanol–water partition coefficient (Wildman–Crippen LogP) is 4.31. The van der Waals surface area contributed by atoms with E-state index in [9.17, 15) is 16.8 Å². The number of likely N-dealkylation sites (N-methyl/N-ethyl adjacent to an activating group) is 1. The molecule has 2 aliphatic rings. The molecule has 0 spiro atoms. The molecule has 0 saturated carbocycles. The zero-order valence-corrected chi connectivity index (χ0v) is 29.2. The van der Waals surface area contributed by atoms with Crippen LogP contribution < -0.4 is 19.2 Å². The molecule has 0 radical (unpaired) electrons. The Balaban J connectivity index is 1.24. The number of nitrogens with zero attached hydrogens (tertiary/aromatic N) is 7. The van der Waals surface area contributed by atoms with E-state index in [1.54, 1.807) is 18.2 Å². The van der Waals surface area contributed by atoms with Crippen molar-refractivity contribution < 1.29 is 21.2 Å². The first kappa shape index (κ1) is 33.5. The smallest absolute Gasteiger partial charge is 0.237 e. The van der Waals surface area contributed by atoms with Crippen LogP contribution in [0, 0.1) is 5.82 Å². The molecule has 13 nitrogen and oxygen atoms in total. The fourth-order valence-corrected chi connectivity index (χ4v) is 8.46. The quantitative estimate of drug-likeness (QED) is 0.255. The normalized spacial score (nSPS) is 17.3. The van der Waals surface area contributed by atoms with Gasteiger partial charge >= 0.3 is 0 Å². The summed E-state index contributed by atoms with van der Waals surface area (Å²) in [5.74, 6) is -0.697. The van der Waals surface area contributed by atoms with Crippen LogP contribution in [-0.4, -0.2) is 106 Å². The molecule has 0 amide bonds. The Bertz CT molecular complexity index is 2000. The van der Waals surface area contributed by atoms with Gasteiger partial charge < -0.3 is 15.1 Å². The van der Waals surface area contributed by atoms with E-state index in [1.165, 1.54) is 35.2 Å². The number of fused-ring (bicyclic) bond motifs is 1. The zero-order chi connectivity index (χ0) is 33.5. The third kappa shape index (κ3) is 7.54. The number of hydrogen-bond donors (Lipinski definition) is 2. The summed E-state index contributed by atoms with van der Waals surface area (Å²) in [5, 5.41) is 2.82. The lowest BCUT2D eigenvalue weighted by Crippen LogP contribution is -2.52. The first-order valence-electron chi connectivity index (χ1n) is 14.9. The van der Waals surface area contributed by atoms with Crippen molar-refractivity contribution in [3.63, 3.8) is 0 Å². The number of piperazine rings is 1. The predicted molar refractivity (Wildman–Crippen MR) is 186 cm³/mol. The van der Waals surface area contributed by atoms with Crippen LogP contribution in [0.3, 0.4) is 0 Å². The van der Waals surface area contributed by atoms with Gasteiger partial charge in [-0.2, -0.15) is 4.98 Å². The molecule has 4 aromatic rings. The van der Waals surface area contributed by atoms with Crippen LogP contribution in [0.15, 0.2) is 42.0 Å². The minimum absolute atomic E-state index is 0.0499. The average molecular weight is 724 g/mol. The van der Waals surface area contributed by atoms with Gasteiger partial charge in [0.05, 0.1) is 40.3 Å². The number of halogens is 2. The SMILES string of the molecule is CN1CCN(C2CCN(c3ccc(Nc4ncc(Cl)c(N(c5ccc6scnc6c5NS(C)(=O)=O)S(C)(=O)=O)n4)cc3F)CC2)CC1. The minimum atomic E-state index is -4.15. The lowest BCUT2D eigenvalue weighted by Gasteiger charge is -2.42. The Morgan fingerprint density at radius 3 is 2.38 bits per heavy atom. The molecular weight excluding hydrogens is 689 g/mol. The highest BCUT2D eigenvalue weighted by Crippen LogP contribution is 2.42. The second-order valence-corrected chi connectivity index (χ2v) is 16.6. The molecule has 252 valence electrons. The summed E-state index contributed by atoms with van der Waals surface area (Å²) in [6.07, 6.45) is 5.05. The Labute approximate surface area is 282 Å². The minimum Gasteiger partial charge on any atom is -0.369 e. The average Bonchev–Trinajstić information content (AvgIpc) is 3.49. The molecule has 0 unspecified atom stereocenters. The molecule has 2 aliphatic heterocycles. The van der Waals surface area contributed by atoms with E-state index in [-0.39, 0.29) is 33.7 Å². The number of aromatic nitrogens is 3. The van der Waals surface area contributed by atoms with Gasteiger partial charge in [0.25, 0.3) is 0 Å². The molecule has 47 heavy (non-hydrogen) atoms. The standard InChI is InChI=1S/C29H35ClFN9O4S3/c1-37-12-14-38(15-13-37)20-8-10-39(11-9-20)23-5-4-19(16-22(23)31)34-29-32-17-21(30)28(35-29)40(47(3,43)44)24-6-7-25-27(33-18-45-25)26(24)36-46(2,41)42/h4-7,16-18,20,36H,8-15H2,1-3H3,(H,32,34,35). The molecule has 0 atom stereocenters. The monoisotopic (exact) mass is 723 g/mol. The molecule has 0 bridgehead atoms. The summed E-state index contributed by atoms with van der Waals surface area (Å²) in [5.41, 5.74) is 2.53. The fourth-order valence-electron chi connectivity index (χ4n) is 6.02. The molecule has 2 aromatic carbocycles. The van der Waals surface area contributed by atoms with Crippen molar-refractivity contribution in [3.05, 3.63) is 52.9 Å². The Hall–Kier alpha value is -3.35. The zero-order valence-electron chi connectivity index (χ0n) is 26.0. The number of nitrogens with one attached hydrogen (secondary N) is 2. The third-order valence-corrected chi connectivity index (χ3v) is 11.0. The summed E-state index contributed by atoms with van der Waals surface area (Å²) in [4.78, 5) is 19.7. The van der Waals surface area contributed by atoms with Crippen LogP contribution in [-0.2, 0) is 20.0 Å². The molecule has 6 rings (SSSR count). The molecule has 2 N–H and O–H groups in total. The lowest BCUT2D eigenvalue weighted by molar-refractivity contribution is 0.0981. The van der Waals surface area contributed by atoms with Gasteiger partial charge in [0.1, 0.15) is 22.0 Å². The molecule has 2 aromatic heterocycles. The number of benzene rings is 2. The number of piperidine rings is 1. The molecule has 0 aliphatic carbocycles. The second-order valence-electron chi connectivity index (χ2n) is 11.8. The highest BCUT2D eigenvalue weighted by molar-refractivity contribution is 7.92. The Morgan fingerprint density at radius 2 is 1.72 bits per heavy atom. The van der Waals surface area contributed by atoms with Crippen molar-refractivity contribution >= 4 is 87.7 Å². The van der Waals surface area contributed by atoms with Gasteiger partial charge in [-0.05, 0) is 50.2 Å². The summed E-state index contributed by atoms with van der Waals surface area (Å²) < 4.78 is 70.4. The van der Waals surface area contributed by atoms with Crippen molar-refractivity contribution in [1.82, 2.24) is 24.8 Å². The largest absolute Gasteiger partial charge is 0.369 e. The molecular formula is C29H35ClFN9O4S3. The van der Waals surface area contributed by atoms with Crippen molar-refractivity contribution in [1.29, 1.82) is 0 Å². The molecule has 2 fully saturated rings. The van der Waals surface area contributed by atoms with E-state index < -0.39 is 25.9 Å². The number of thiazole rings is 1. The van der Waals surface area contributed by atoms with Crippen LogP contribution in [0.25, 0.3) is 10.2 Å². The van der Waals surface area contributed by atoms with Gasteiger partial charge in [-0.15, -0.1) is 11.3 Å². The van der Waals surface area contributed by atoms with Crippen LogP contribution in [0.4, 0.5) is 38.9 Å². The van der Waals surface area contributed by atoms with Crippen molar-refractivity contribution in [2.24, 2.45) is 0 Å². The topological polar surface area (TPSA) is 144 Å². The van der Waals surface area contributed by atoms with E-state index in [1.807, 2.05) is 0 Å². The Morgan fingerprint density at radius 1 is 1.00 bits per heavy atom. The number of anilines is 6. The van der Waals surface area contributed by atoms with Crippen molar-refractivity contribution in [2.75, 3.05) is 78.1 Å². The number of hydrogen-bond acceptors (Lipinski definition) is 12. The van der Waals surface area contributed by atoms with Gasteiger partial charge in [-0.25, -0.2) is 35.5 Å². The van der Waals surface area contributed by atoms with Crippen LogP contribution in [0.2, 0.25) is 5.02 Å². The van der Waals surface area contributed by atoms with E-state index in [2.05, 4.69) is 46.7 Å². The maximum atomic E-state index is 15.5. The molecule has 4 heterocycles. The maximum absolute atomic E-state index is 15.5. The van der Waals surface area contributed by atoms with E-state index >= 15 is 4.39 Å². The van der Waals surface area contributed by atoms with E-state index in [0.717, 1.165) is 68.9 Å². The van der Waals surface area contributed by atoms with Crippen molar-refractivity contribution in [2.45, 2.75) is 18.9 Å². The van der Waals surface area contributed by atoms with Gasteiger partial charge in [0, 0.05) is 51.0 Å². The number of sulfonamides is 2. The lowest BCUT2D eigenvalue weighted by atomic mass is 10.0. The molecule has 18 heteroatoms. The van der Waals surface area contributed by atoms with E-state index in [0.29, 0.717) is 22.1 Å². The third-order valence-electron chi connectivity index (χ3n) is 8.30. The summed E-state index contributed by atoms with van der Waals surface area (Å²) in [7, 11) is -5.85. The van der Waals surface area contributed by atoms with Gasteiger partial charge in [-0.3, -0.25) is 9.62 Å². The van der Waals surface area contributed by atoms with Crippen molar-refractivity contribution in [3.8, 4) is 0 Å². The van der Waals surface area contributed by atoms with Gasteiger partial charge in [-0.1, -0.05) is 11.6 Å². The van der Waals surface area contributed by atoms with Gasteiger partial charge in [0.15, 0.2) is 5.82 Å². The first-order chi connectivity index (χ1) is 22.3. The summed E-state index contributed by atoms with van der Waals surface area (Å²) in [6.45, 7) is 5.78. The van der Waals surface area contributed by atoms with Crippen LogP contribution in [0.1, 0.15) is 12.8 Å². The highest BCUT2D eigenvalue weighted by atomic mass is 35.5. The van der Waals surface area contributed by atoms with E-state index in [4.69, 9.17) is 11.6 Å². The Kier molecular flexibility index (Phi) is 9.48. The first-order valence-corrected chi connectivity index (χ1v) is 19.9. The van der Waals surface area contributed by atoms with Crippen LogP contribution in [0.5, 0.6) is 0 Å². The molecule has 2 saturated heterocycles. The maximum Gasteiger partial charge on any atom is 0.237 e.